The molecular formula is C27H27N3O3S. The van der Waals surface area contributed by atoms with Crippen LogP contribution in [0.5, 0.6) is 11.5 Å². The molecule has 0 unspecified atom stereocenters. The fourth-order valence-corrected chi connectivity index (χ4v) is 4.29. The smallest absolute Gasteiger partial charge is 0.234 e. The molecule has 0 bridgehead atoms. The molecule has 0 saturated carbocycles. The standard InChI is InChI=1S/C27H27N3O3S/c1-18-6-5-7-24(19(18)2)28-26(31)17-34-27-29-25(20-8-12-22(32-3)13-9-20)16-30(27)21-10-14-23(33-4)15-11-21/h5-16H,17H2,1-4H3,(H,28,31). The summed E-state index contributed by atoms with van der Waals surface area (Å²) in [4.78, 5) is 17.6. The van der Waals surface area contributed by atoms with Gasteiger partial charge < -0.3 is 14.8 Å². The van der Waals surface area contributed by atoms with Gasteiger partial charge in [-0.3, -0.25) is 9.36 Å². The second-order valence-electron chi connectivity index (χ2n) is 7.79. The first-order valence-electron chi connectivity index (χ1n) is 10.9. The summed E-state index contributed by atoms with van der Waals surface area (Å²) in [6, 6.07) is 21.4. The summed E-state index contributed by atoms with van der Waals surface area (Å²) >= 11 is 1.40. The zero-order chi connectivity index (χ0) is 24.1. The summed E-state index contributed by atoms with van der Waals surface area (Å²) < 4.78 is 12.6. The van der Waals surface area contributed by atoms with Gasteiger partial charge in [-0.15, -0.1) is 0 Å². The summed E-state index contributed by atoms with van der Waals surface area (Å²) in [6.07, 6.45) is 1.98. The number of ether oxygens (including phenoxy) is 2. The topological polar surface area (TPSA) is 65.4 Å². The minimum absolute atomic E-state index is 0.0750. The van der Waals surface area contributed by atoms with Crippen molar-refractivity contribution >= 4 is 23.4 Å². The van der Waals surface area contributed by atoms with Crippen LogP contribution in [0, 0.1) is 13.8 Å². The van der Waals surface area contributed by atoms with E-state index >= 15 is 0 Å². The van der Waals surface area contributed by atoms with Crippen molar-refractivity contribution in [2.24, 2.45) is 0 Å². The van der Waals surface area contributed by atoms with Gasteiger partial charge in [0.2, 0.25) is 5.91 Å². The summed E-state index contributed by atoms with van der Waals surface area (Å²) in [7, 11) is 3.29. The van der Waals surface area contributed by atoms with Crippen LogP contribution in [-0.4, -0.2) is 35.4 Å². The Labute approximate surface area is 203 Å². The van der Waals surface area contributed by atoms with Gasteiger partial charge >= 0.3 is 0 Å². The number of thioether (sulfide) groups is 1. The number of amides is 1. The number of hydrogen-bond donors (Lipinski definition) is 1. The zero-order valence-electron chi connectivity index (χ0n) is 19.7. The van der Waals surface area contributed by atoms with E-state index in [1.807, 2.05) is 91.3 Å². The van der Waals surface area contributed by atoms with Crippen LogP contribution in [0.15, 0.2) is 78.1 Å². The van der Waals surface area contributed by atoms with E-state index in [2.05, 4.69) is 5.32 Å². The van der Waals surface area contributed by atoms with Crippen LogP contribution in [0.4, 0.5) is 5.69 Å². The van der Waals surface area contributed by atoms with E-state index in [1.165, 1.54) is 11.8 Å². The van der Waals surface area contributed by atoms with Crippen molar-refractivity contribution in [2.45, 2.75) is 19.0 Å². The first-order valence-corrected chi connectivity index (χ1v) is 11.8. The van der Waals surface area contributed by atoms with Gasteiger partial charge in [0.05, 0.1) is 25.7 Å². The number of rotatable bonds is 8. The molecule has 4 rings (SSSR count). The Bertz CT molecular complexity index is 1280. The number of carbonyl (C=O) groups excluding carboxylic acids is 1. The molecule has 7 heteroatoms. The molecule has 174 valence electrons. The molecule has 1 aromatic heterocycles. The molecule has 4 aromatic rings. The average Bonchev–Trinajstić information content (AvgIpc) is 3.30. The molecule has 3 aromatic carbocycles. The Morgan fingerprint density at radius 3 is 2.24 bits per heavy atom. The predicted molar refractivity (Wildman–Crippen MR) is 137 cm³/mol. The molecule has 0 saturated heterocycles. The lowest BCUT2D eigenvalue weighted by atomic mass is 10.1. The molecule has 0 atom stereocenters. The van der Waals surface area contributed by atoms with Crippen LogP contribution in [0.3, 0.4) is 0 Å². The van der Waals surface area contributed by atoms with Crippen LogP contribution >= 0.6 is 11.8 Å². The first kappa shape index (κ1) is 23.4. The quantitative estimate of drug-likeness (QED) is 0.323. The highest BCUT2D eigenvalue weighted by Crippen LogP contribution is 2.29. The van der Waals surface area contributed by atoms with E-state index in [-0.39, 0.29) is 11.7 Å². The second kappa shape index (κ2) is 10.5. The maximum Gasteiger partial charge on any atom is 0.234 e. The zero-order valence-corrected chi connectivity index (χ0v) is 20.5. The summed E-state index contributed by atoms with van der Waals surface area (Å²) in [5, 5.41) is 3.75. The molecule has 6 nitrogen and oxygen atoms in total. The molecular weight excluding hydrogens is 446 g/mol. The summed E-state index contributed by atoms with van der Waals surface area (Å²) in [6.45, 7) is 4.04. The number of nitrogens with one attached hydrogen (secondary N) is 1. The molecule has 1 heterocycles. The van der Waals surface area contributed by atoms with Crippen molar-refractivity contribution in [2.75, 3.05) is 25.3 Å². The number of benzene rings is 3. The molecule has 0 radical (unpaired) electrons. The van der Waals surface area contributed by atoms with Crippen LogP contribution in [-0.2, 0) is 4.79 Å². The van der Waals surface area contributed by atoms with Crippen molar-refractivity contribution in [3.05, 3.63) is 84.1 Å². The lowest BCUT2D eigenvalue weighted by Gasteiger charge is -2.11. The highest BCUT2D eigenvalue weighted by atomic mass is 32.2. The van der Waals surface area contributed by atoms with Crippen molar-refractivity contribution in [3.8, 4) is 28.4 Å². The van der Waals surface area contributed by atoms with Crippen LogP contribution in [0.2, 0.25) is 0 Å². The molecule has 0 fully saturated rings. The van der Waals surface area contributed by atoms with E-state index in [1.54, 1.807) is 14.2 Å². The number of imidazole rings is 1. The minimum Gasteiger partial charge on any atom is -0.497 e. The Balaban J connectivity index is 1.59. The van der Waals surface area contributed by atoms with Gasteiger partial charge in [0.1, 0.15) is 11.5 Å². The van der Waals surface area contributed by atoms with Crippen molar-refractivity contribution in [1.29, 1.82) is 0 Å². The Morgan fingerprint density at radius 2 is 1.59 bits per heavy atom. The minimum atomic E-state index is -0.0750. The lowest BCUT2D eigenvalue weighted by Crippen LogP contribution is -2.15. The van der Waals surface area contributed by atoms with Crippen LogP contribution < -0.4 is 14.8 Å². The maximum atomic E-state index is 12.7. The van der Waals surface area contributed by atoms with Gasteiger partial charge in [0, 0.05) is 23.1 Å². The number of anilines is 1. The van der Waals surface area contributed by atoms with Crippen molar-refractivity contribution in [3.63, 3.8) is 0 Å². The molecule has 1 N–H and O–H groups in total. The van der Waals surface area contributed by atoms with Crippen molar-refractivity contribution < 1.29 is 14.3 Å². The second-order valence-corrected chi connectivity index (χ2v) is 8.73. The Hall–Kier alpha value is -3.71. The van der Waals surface area contributed by atoms with Gasteiger partial charge in [-0.25, -0.2) is 4.98 Å². The average molecular weight is 474 g/mol. The Morgan fingerprint density at radius 1 is 0.941 bits per heavy atom. The molecule has 1 amide bonds. The lowest BCUT2D eigenvalue weighted by molar-refractivity contribution is -0.113. The summed E-state index contributed by atoms with van der Waals surface area (Å²) in [5.74, 6) is 1.73. The monoisotopic (exact) mass is 473 g/mol. The van der Waals surface area contributed by atoms with Crippen LogP contribution in [0.1, 0.15) is 11.1 Å². The number of methoxy groups -OCH3 is 2. The van der Waals surface area contributed by atoms with Crippen molar-refractivity contribution in [1.82, 2.24) is 9.55 Å². The number of hydrogen-bond acceptors (Lipinski definition) is 5. The van der Waals surface area contributed by atoms with E-state index in [4.69, 9.17) is 14.5 Å². The normalized spacial score (nSPS) is 10.7. The largest absolute Gasteiger partial charge is 0.497 e. The number of aryl methyl sites for hydroxylation is 1. The third-order valence-corrected chi connectivity index (χ3v) is 6.57. The fraction of sp³-hybridized carbons (Fsp3) is 0.185. The van der Waals surface area contributed by atoms with E-state index in [9.17, 15) is 4.79 Å². The molecule has 0 aliphatic rings. The highest BCUT2D eigenvalue weighted by molar-refractivity contribution is 7.99. The predicted octanol–water partition coefficient (Wildman–Crippen LogP) is 5.90. The van der Waals surface area contributed by atoms with Crippen LogP contribution in [0.25, 0.3) is 16.9 Å². The molecule has 34 heavy (non-hydrogen) atoms. The highest BCUT2D eigenvalue weighted by Gasteiger charge is 2.15. The van der Waals surface area contributed by atoms with E-state index in [0.29, 0.717) is 0 Å². The summed E-state index contributed by atoms with van der Waals surface area (Å²) in [5.41, 5.74) is 5.77. The van der Waals surface area contributed by atoms with E-state index in [0.717, 1.165) is 50.4 Å². The molecule has 0 aliphatic heterocycles. The first-order chi connectivity index (χ1) is 16.5. The van der Waals surface area contributed by atoms with Gasteiger partial charge in [0.15, 0.2) is 5.16 Å². The van der Waals surface area contributed by atoms with E-state index < -0.39 is 0 Å². The number of carbonyl (C=O) groups is 1. The van der Waals surface area contributed by atoms with Gasteiger partial charge in [0.25, 0.3) is 0 Å². The maximum absolute atomic E-state index is 12.7. The molecule has 0 aliphatic carbocycles. The third-order valence-electron chi connectivity index (χ3n) is 5.62. The van der Waals surface area contributed by atoms with Gasteiger partial charge in [-0.2, -0.15) is 0 Å². The molecule has 0 spiro atoms. The Kier molecular flexibility index (Phi) is 7.23. The van der Waals surface area contributed by atoms with Gasteiger partial charge in [-0.1, -0.05) is 23.9 Å². The van der Waals surface area contributed by atoms with Gasteiger partial charge in [-0.05, 0) is 79.6 Å². The fourth-order valence-electron chi connectivity index (χ4n) is 3.50. The number of aromatic nitrogens is 2. The number of nitrogens with zero attached hydrogens (tertiary/aromatic N) is 2. The third kappa shape index (κ3) is 5.26. The SMILES string of the molecule is COc1ccc(-c2cn(-c3ccc(OC)cc3)c(SCC(=O)Nc3cccc(C)c3C)n2)cc1.